The molecule has 0 bridgehead atoms. The Morgan fingerprint density at radius 1 is 1.24 bits per heavy atom. The minimum absolute atomic E-state index is 0.104. The molecular formula is C21H30N6O6S. The predicted molar refractivity (Wildman–Crippen MR) is 124 cm³/mol. The van der Waals surface area contributed by atoms with Crippen LogP contribution in [-0.2, 0) is 24.4 Å². The summed E-state index contributed by atoms with van der Waals surface area (Å²) in [4.78, 5) is 29.8. The topological polar surface area (TPSA) is 170 Å². The van der Waals surface area contributed by atoms with Gasteiger partial charge in [-0.15, -0.1) is 0 Å². The molecule has 0 radical (unpaired) electrons. The molecule has 0 aliphatic carbocycles. The summed E-state index contributed by atoms with van der Waals surface area (Å²) in [7, 11) is -4.24. The largest absolute Gasteiger partial charge is 0.478 e. The van der Waals surface area contributed by atoms with Gasteiger partial charge in [0.15, 0.2) is 0 Å². The molecule has 1 amide bonds. The summed E-state index contributed by atoms with van der Waals surface area (Å²) in [5.74, 6) is -2.17. The van der Waals surface area contributed by atoms with Crippen molar-refractivity contribution in [3.8, 4) is 0 Å². The zero-order valence-corrected chi connectivity index (χ0v) is 19.4. The van der Waals surface area contributed by atoms with E-state index in [0.717, 1.165) is 6.54 Å². The molecule has 186 valence electrons. The number of amides is 1. The Hall–Kier alpha value is -3.00. The van der Waals surface area contributed by atoms with Crippen LogP contribution in [-0.4, -0.2) is 62.8 Å². The molecule has 2 unspecified atom stereocenters. The van der Waals surface area contributed by atoms with E-state index in [1.165, 1.54) is 24.3 Å². The maximum Gasteiger partial charge on any atom is 0.345 e. The van der Waals surface area contributed by atoms with Crippen LogP contribution in [0.3, 0.4) is 0 Å². The van der Waals surface area contributed by atoms with E-state index in [2.05, 4.69) is 31.1 Å². The molecule has 0 spiro atoms. The highest BCUT2D eigenvalue weighted by molar-refractivity contribution is 7.89. The van der Waals surface area contributed by atoms with Gasteiger partial charge in [0.1, 0.15) is 12.9 Å². The molecule has 2 aliphatic heterocycles. The fraction of sp³-hybridized carbons (Fsp3) is 0.476. The highest BCUT2D eigenvalue weighted by Crippen LogP contribution is 2.18. The average molecular weight is 495 g/mol. The summed E-state index contributed by atoms with van der Waals surface area (Å²) in [5.41, 5.74) is -1.76. The Bertz CT molecular complexity index is 1020. The van der Waals surface area contributed by atoms with Crippen molar-refractivity contribution in [1.29, 1.82) is 0 Å². The van der Waals surface area contributed by atoms with E-state index in [4.69, 9.17) is 4.84 Å². The van der Waals surface area contributed by atoms with Crippen molar-refractivity contribution in [2.45, 2.75) is 49.0 Å². The third kappa shape index (κ3) is 7.25. The van der Waals surface area contributed by atoms with Crippen LogP contribution in [0.5, 0.6) is 0 Å². The van der Waals surface area contributed by atoms with Crippen LogP contribution in [0.4, 0.5) is 0 Å². The molecule has 0 aromatic heterocycles. The van der Waals surface area contributed by atoms with Crippen molar-refractivity contribution < 1.29 is 28.0 Å². The Kier molecular flexibility index (Phi) is 8.98. The van der Waals surface area contributed by atoms with E-state index in [1.807, 2.05) is 12.3 Å². The quantitative estimate of drug-likeness (QED) is 0.160. The minimum Gasteiger partial charge on any atom is -0.478 e. The second-order valence-corrected chi connectivity index (χ2v) is 9.60. The fourth-order valence-electron chi connectivity index (χ4n) is 3.53. The number of carboxylic acids is 1. The van der Waals surface area contributed by atoms with E-state index < -0.39 is 27.6 Å². The number of unbranched alkanes of at least 4 members (excludes halogenated alkanes) is 1. The maximum atomic E-state index is 13.0. The van der Waals surface area contributed by atoms with Crippen molar-refractivity contribution in [2.75, 3.05) is 19.7 Å². The van der Waals surface area contributed by atoms with Gasteiger partial charge >= 0.3 is 5.97 Å². The molecule has 12 nitrogen and oxygen atoms in total. The lowest BCUT2D eigenvalue weighted by Gasteiger charge is -2.31. The summed E-state index contributed by atoms with van der Waals surface area (Å²) in [6, 6.07) is 7.41. The SMILES string of the molecule is O=C(CC1=NOCC1)NC(CCCCNC1NC=CCN1)(NS(=O)(=O)c1ccccc1)C(=O)O. The standard InChI is InChI=1S/C21H30N6O6S/c28-18(15-16-9-14-33-26-16)25-21(19(29)30,27-34(31,32)17-7-2-1-3-8-17)10-4-5-11-22-20-23-12-6-13-24-20/h1-3,6-8,12,20,22-24,27H,4-5,9-11,13-15H2,(H,25,28)(H,29,30). The number of hydrogen-bond acceptors (Lipinski definition) is 9. The number of nitrogens with one attached hydrogen (secondary N) is 5. The molecule has 0 saturated carbocycles. The number of sulfonamides is 1. The number of aliphatic carboxylic acids is 1. The van der Waals surface area contributed by atoms with Crippen LogP contribution in [0, 0.1) is 0 Å². The molecule has 1 aromatic carbocycles. The fourth-order valence-corrected chi connectivity index (χ4v) is 4.86. The number of nitrogens with zero attached hydrogens (tertiary/aromatic N) is 1. The number of rotatable bonds is 13. The van der Waals surface area contributed by atoms with E-state index in [9.17, 15) is 23.1 Å². The van der Waals surface area contributed by atoms with Crippen molar-refractivity contribution in [1.82, 2.24) is 26.0 Å². The first kappa shape index (κ1) is 25.6. The molecule has 0 saturated heterocycles. The summed E-state index contributed by atoms with van der Waals surface area (Å²) in [6.07, 6.45) is 4.63. The van der Waals surface area contributed by atoms with Crippen LogP contribution in [0.25, 0.3) is 0 Å². The molecule has 2 heterocycles. The monoisotopic (exact) mass is 494 g/mol. The first-order chi connectivity index (χ1) is 16.3. The Labute approximate surface area is 198 Å². The van der Waals surface area contributed by atoms with Crippen LogP contribution >= 0.6 is 0 Å². The Morgan fingerprint density at radius 2 is 2.03 bits per heavy atom. The van der Waals surface area contributed by atoms with Gasteiger partial charge in [-0.05, 0) is 44.1 Å². The van der Waals surface area contributed by atoms with Crippen LogP contribution < -0.4 is 26.0 Å². The zero-order chi connectivity index (χ0) is 24.4. The first-order valence-corrected chi connectivity index (χ1v) is 12.5. The number of oxime groups is 1. The minimum atomic E-state index is -4.24. The predicted octanol–water partition coefficient (Wildman–Crippen LogP) is -0.222. The normalized spacial score (nSPS) is 19.4. The summed E-state index contributed by atoms with van der Waals surface area (Å²) in [6.45, 7) is 1.61. The first-order valence-electron chi connectivity index (χ1n) is 11.0. The number of carbonyl (C=O) groups excluding carboxylic acids is 1. The molecule has 1 aromatic rings. The summed E-state index contributed by atoms with van der Waals surface area (Å²) < 4.78 is 28.2. The number of hydrogen-bond donors (Lipinski definition) is 6. The van der Waals surface area contributed by atoms with Crippen LogP contribution in [0.2, 0.25) is 0 Å². The second-order valence-electron chi connectivity index (χ2n) is 7.92. The molecule has 3 rings (SSSR count). The lowest BCUT2D eigenvalue weighted by atomic mass is 10.0. The lowest BCUT2D eigenvalue weighted by Crippen LogP contribution is -2.65. The molecule has 0 fully saturated rings. The van der Waals surface area contributed by atoms with Gasteiger partial charge in [-0.1, -0.05) is 29.4 Å². The number of carbonyl (C=O) groups is 2. The van der Waals surface area contributed by atoms with Gasteiger partial charge in [0.25, 0.3) is 0 Å². The van der Waals surface area contributed by atoms with Gasteiger partial charge in [-0.25, -0.2) is 13.2 Å². The van der Waals surface area contributed by atoms with E-state index in [0.29, 0.717) is 38.1 Å². The smallest absolute Gasteiger partial charge is 0.345 e. The highest BCUT2D eigenvalue weighted by Gasteiger charge is 2.43. The van der Waals surface area contributed by atoms with E-state index >= 15 is 0 Å². The van der Waals surface area contributed by atoms with E-state index in [1.54, 1.807) is 6.07 Å². The molecule has 2 aliphatic rings. The zero-order valence-electron chi connectivity index (χ0n) is 18.6. The van der Waals surface area contributed by atoms with Crippen LogP contribution in [0.15, 0.2) is 52.7 Å². The summed E-state index contributed by atoms with van der Waals surface area (Å²) in [5, 5.41) is 25.7. The van der Waals surface area contributed by atoms with Crippen molar-refractivity contribution in [3.05, 3.63) is 42.6 Å². The van der Waals surface area contributed by atoms with E-state index in [-0.39, 0.29) is 24.0 Å². The van der Waals surface area contributed by atoms with Gasteiger partial charge in [-0.3, -0.25) is 15.4 Å². The van der Waals surface area contributed by atoms with Gasteiger partial charge in [0.05, 0.1) is 17.0 Å². The second kappa shape index (κ2) is 11.9. The van der Waals surface area contributed by atoms with Gasteiger partial charge in [0, 0.05) is 13.0 Å². The number of carboxylic acid groups (broad SMARTS) is 1. The average Bonchev–Trinajstić information content (AvgIpc) is 3.32. The van der Waals surface area contributed by atoms with Gasteiger partial charge in [0.2, 0.25) is 21.6 Å². The van der Waals surface area contributed by atoms with Crippen LogP contribution in [0.1, 0.15) is 32.1 Å². The molecule has 6 N–H and O–H groups in total. The van der Waals surface area contributed by atoms with Crippen molar-refractivity contribution in [2.24, 2.45) is 5.16 Å². The molecule has 13 heteroatoms. The molecule has 34 heavy (non-hydrogen) atoms. The molecule has 2 atom stereocenters. The maximum absolute atomic E-state index is 13.0. The highest BCUT2D eigenvalue weighted by atomic mass is 32.2. The van der Waals surface area contributed by atoms with Gasteiger partial charge < -0.3 is 20.6 Å². The third-order valence-electron chi connectivity index (χ3n) is 5.27. The van der Waals surface area contributed by atoms with Crippen molar-refractivity contribution >= 4 is 27.6 Å². The Morgan fingerprint density at radius 3 is 2.68 bits per heavy atom. The Balaban J connectivity index is 1.70. The molecular weight excluding hydrogens is 464 g/mol. The third-order valence-corrected chi connectivity index (χ3v) is 6.78. The summed E-state index contributed by atoms with van der Waals surface area (Å²) >= 11 is 0. The van der Waals surface area contributed by atoms with Crippen molar-refractivity contribution in [3.63, 3.8) is 0 Å². The number of benzene rings is 1. The lowest BCUT2D eigenvalue weighted by molar-refractivity contribution is -0.148. The van der Waals surface area contributed by atoms with Gasteiger partial charge in [-0.2, -0.15) is 4.72 Å².